The number of pyridine rings is 1. The van der Waals surface area contributed by atoms with Crippen molar-refractivity contribution in [3.05, 3.63) is 47.5 Å². The number of carbonyl (C=O) groups is 1. The molecule has 2 aromatic heterocycles. The SMILES string of the molecule is Nc1c(C(=O)Nc2ccc(OC(F)F)cc2)sc2ncccc12. The van der Waals surface area contributed by atoms with E-state index in [0.717, 1.165) is 5.39 Å². The molecular formula is C15H11F2N3O2S. The van der Waals surface area contributed by atoms with E-state index in [4.69, 9.17) is 5.73 Å². The van der Waals surface area contributed by atoms with Gasteiger partial charge in [-0.3, -0.25) is 4.79 Å². The Kier molecular flexibility index (Phi) is 4.07. The Balaban J connectivity index is 1.79. The van der Waals surface area contributed by atoms with E-state index in [0.29, 0.717) is 21.1 Å². The van der Waals surface area contributed by atoms with Gasteiger partial charge in [-0.1, -0.05) is 0 Å². The Hall–Kier alpha value is -2.74. The lowest BCUT2D eigenvalue weighted by Gasteiger charge is -2.07. The molecule has 1 aromatic carbocycles. The number of halogens is 2. The van der Waals surface area contributed by atoms with Crippen LogP contribution < -0.4 is 15.8 Å². The fraction of sp³-hybridized carbons (Fsp3) is 0.0667. The Bertz CT molecular complexity index is 850. The fourth-order valence-corrected chi connectivity index (χ4v) is 2.99. The van der Waals surface area contributed by atoms with Crippen molar-refractivity contribution in [2.75, 3.05) is 11.1 Å². The van der Waals surface area contributed by atoms with E-state index in [1.165, 1.54) is 35.6 Å². The first-order valence-corrected chi connectivity index (χ1v) is 7.35. The van der Waals surface area contributed by atoms with Crippen LogP contribution in [0.1, 0.15) is 9.67 Å². The van der Waals surface area contributed by atoms with Crippen LogP contribution in [-0.4, -0.2) is 17.5 Å². The minimum Gasteiger partial charge on any atom is -0.435 e. The van der Waals surface area contributed by atoms with Crippen LogP contribution in [0, 0.1) is 0 Å². The van der Waals surface area contributed by atoms with Crippen LogP contribution in [0.2, 0.25) is 0 Å². The Morgan fingerprint density at radius 1 is 1.26 bits per heavy atom. The number of amides is 1. The lowest BCUT2D eigenvalue weighted by molar-refractivity contribution is -0.0498. The monoisotopic (exact) mass is 335 g/mol. The molecule has 0 bridgehead atoms. The van der Waals surface area contributed by atoms with E-state index >= 15 is 0 Å². The molecule has 0 saturated carbocycles. The van der Waals surface area contributed by atoms with Gasteiger partial charge >= 0.3 is 6.61 Å². The van der Waals surface area contributed by atoms with Gasteiger partial charge < -0.3 is 15.8 Å². The second-order valence-corrected chi connectivity index (χ2v) is 5.56. The quantitative estimate of drug-likeness (QED) is 0.761. The third-order valence-electron chi connectivity index (χ3n) is 3.05. The number of aromatic nitrogens is 1. The number of anilines is 2. The number of carbonyl (C=O) groups excluding carboxylic acids is 1. The average molecular weight is 335 g/mol. The van der Waals surface area contributed by atoms with Crippen molar-refractivity contribution in [2.24, 2.45) is 0 Å². The second kappa shape index (κ2) is 6.17. The van der Waals surface area contributed by atoms with Crippen LogP contribution in [0.3, 0.4) is 0 Å². The molecule has 118 valence electrons. The van der Waals surface area contributed by atoms with Gasteiger partial charge in [0.05, 0.1) is 5.69 Å². The molecule has 0 atom stereocenters. The molecule has 0 spiro atoms. The number of rotatable bonds is 4. The largest absolute Gasteiger partial charge is 0.435 e. The number of hydrogen-bond donors (Lipinski definition) is 2. The van der Waals surface area contributed by atoms with Gasteiger partial charge in [-0.15, -0.1) is 11.3 Å². The Morgan fingerprint density at radius 2 is 2.00 bits per heavy atom. The van der Waals surface area contributed by atoms with E-state index in [-0.39, 0.29) is 11.7 Å². The summed E-state index contributed by atoms with van der Waals surface area (Å²) in [6, 6.07) is 9.17. The van der Waals surface area contributed by atoms with Crippen LogP contribution in [0.5, 0.6) is 5.75 Å². The van der Waals surface area contributed by atoms with Gasteiger partial charge in [0.15, 0.2) is 0 Å². The van der Waals surface area contributed by atoms with Crippen molar-refractivity contribution in [2.45, 2.75) is 6.61 Å². The van der Waals surface area contributed by atoms with Gasteiger partial charge in [0.25, 0.3) is 5.91 Å². The molecule has 2 heterocycles. The number of ether oxygens (including phenoxy) is 1. The molecular weight excluding hydrogens is 324 g/mol. The molecule has 0 aliphatic rings. The number of fused-ring (bicyclic) bond motifs is 1. The smallest absolute Gasteiger partial charge is 0.387 e. The van der Waals surface area contributed by atoms with Gasteiger partial charge in [0.2, 0.25) is 0 Å². The van der Waals surface area contributed by atoms with Crippen molar-refractivity contribution in [3.8, 4) is 5.75 Å². The highest BCUT2D eigenvalue weighted by atomic mass is 32.1. The van der Waals surface area contributed by atoms with Gasteiger partial charge in [0.1, 0.15) is 15.5 Å². The van der Waals surface area contributed by atoms with E-state index in [9.17, 15) is 13.6 Å². The summed E-state index contributed by atoms with van der Waals surface area (Å²) in [6.07, 6.45) is 1.63. The highest BCUT2D eigenvalue weighted by Gasteiger charge is 2.17. The number of benzene rings is 1. The Labute approximate surface area is 133 Å². The van der Waals surface area contributed by atoms with Gasteiger partial charge in [-0.05, 0) is 36.4 Å². The molecule has 5 nitrogen and oxygen atoms in total. The van der Waals surface area contributed by atoms with E-state index in [2.05, 4.69) is 15.0 Å². The molecule has 0 unspecified atom stereocenters. The number of nitrogens with one attached hydrogen (secondary N) is 1. The van der Waals surface area contributed by atoms with Crippen molar-refractivity contribution >= 4 is 38.8 Å². The molecule has 0 fully saturated rings. The van der Waals surface area contributed by atoms with Crippen LogP contribution in [-0.2, 0) is 0 Å². The molecule has 0 aliphatic heterocycles. The Morgan fingerprint density at radius 3 is 2.65 bits per heavy atom. The molecule has 0 saturated heterocycles. The van der Waals surface area contributed by atoms with Crippen molar-refractivity contribution < 1.29 is 18.3 Å². The van der Waals surface area contributed by atoms with Crippen LogP contribution in [0.25, 0.3) is 10.2 Å². The summed E-state index contributed by atoms with van der Waals surface area (Å²) >= 11 is 1.19. The number of alkyl halides is 2. The minimum absolute atomic E-state index is 0.0172. The lowest BCUT2D eigenvalue weighted by Crippen LogP contribution is -2.12. The predicted octanol–water partition coefficient (Wildman–Crippen LogP) is 3.73. The molecule has 8 heteroatoms. The van der Waals surface area contributed by atoms with Crippen LogP contribution in [0.4, 0.5) is 20.2 Å². The standard InChI is InChI=1S/C15H11F2N3O2S/c16-15(17)22-9-5-3-8(4-6-9)20-13(21)12-11(18)10-2-1-7-19-14(10)23-12/h1-7,15H,18H2,(H,20,21). The van der Waals surface area contributed by atoms with E-state index in [1.54, 1.807) is 18.3 Å². The summed E-state index contributed by atoms with van der Waals surface area (Å²) in [4.78, 5) is 17.5. The summed E-state index contributed by atoms with van der Waals surface area (Å²) < 4.78 is 28.4. The predicted molar refractivity (Wildman–Crippen MR) is 85.1 cm³/mol. The van der Waals surface area contributed by atoms with Crippen molar-refractivity contribution in [3.63, 3.8) is 0 Å². The molecule has 3 aromatic rings. The molecule has 3 rings (SSSR count). The normalized spacial score (nSPS) is 10.9. The number of hydrogen-bond acceptors (Lipinski definition) is 5. The van der Waals surface area contributed by atoms with Crippen molar-refractivity contribution in [1.29, 1.82) is 0 Å². The molecule has 0 aliphatic carbocycles. The first-order chi connectivity index (χ1) is 11.0. The van der Waals surface area contributed by atoms with Crippen molar-refractivity contribution in [1.82, 2.24) is 4.98 Å². The first-order valence-electron chi connectivity index (χ1n) is 6.54. The summed E-state index contributed by atoms with van der Waals surface area (Å²) in [5, 5.41) is 3.39. The maximum atomic E-state index is 12.3. The molecule has 1 amide bonds. The third kappa shape index (κ3) is 3.21. The van der Waals surface area contributed by atoms with Crippen LogP contribution >= 0.6 is 11.3 Å². The zero-order valence-electron chi connectivity index (χ0n) is 11.6. The topological polar surface area (TPSA) is 77.2 Å². The number of nitrogens with two attached hydrogens (primary N) is 1. The van der Waals surface area contributed by atoms with E-state index in [1.807, 2.05) is 0 Å². The summed E-state index contributed by atoms with van der Waals surface area (Å²) in [7, 11) is 0. The number of nitrogen functional groups attached to an aromatic ring is 1. The van der Waals surface area contributed by atoms with Gasteiger partial charge in [0, 0.05) is 17.3 Å². The highest BCUT2D eigenvalue weighted by molar-refractivity contribution is 7.21. The van der Waals surface area contributed by atoms with Crippen LogP contribution in [0.15, 0.2) is 42.6 Å². The lowest BCUT2D eigenvalue weighted by atomic mass is 10.2. The summed E-state index contributed by atoms with van der Waals surface area (Å²) in [5.74, 6) is -0.364. The number of nitrogens with zero attached hydrogens (tertiary/aromatic N) is 1. The second-order valence-electron chi connectivity index (χ2n) is 4.56. The third-order valence-corrected chi connectivity index (χ3v) is 4.18. The summed E-state index contributed by atoms with van der Waals surface area (Å²) in [5.41, 5.74) is 6.79. The maximum Gasteiger partial charge on any atom is 0.387 e. The molecule has 3 N–H and O–H groups in total. The first kappa shape index (κ1) is 15.2. The zero-order chi connectivity index (χ0) is 16.4. The zero-order valence-corrected chi connectivity index (χ0v) is 12.4. The average Bonchev–Trinajstić information content (AvgIpc) is 2.86. The van der Waals surface area contributed by atoms with Gasteiger partial charge in [-0.2, -0.15) is 8.78 Å². The molecule has 23 heavy (non-hydrogen) atoms. The highest BCUT2D eigenvalue weighted by Crippen LogP contribution is 2.32. The fourth-order valence-electron chi connectivity index (χ4n) is 2.03. The van der Waals surface area contributed by atoms with Gasteiger partial charge in [-0.25, -0.2) is 4.98 Å². The summed E-state index contributed by atoms with van der Waals surface area (Å²) in [6.45, 7) is -2.89. The molecule has 0 radical (unpaired) electrons. The minimum atomic E-state index is -2.89. The van der Waals surface area contributed by atoms with E-state index < -0.39 is 6.61 Å². The number of thiophene rings is 1. The maximum absolute atomic E-state index is 12.3.